The molecule has 0 bridgehead atoms. The summed E-state index contributed by atoms with van der Waals surface area (Å²) in [5.74, 6) is 0. The van der Waals surface area contributed by atoms with E-state index in [2.05, 4.69) is 22.3 Å². The Morgan fingerprint density at radius 1 is 1.15 bits per heavy atom. The maximum atomic E-state index is 12.1. The minimum Gasteiger partial charge on any atom is -0.314 e. The van der Waals surface area contributed by atoms with Crippen LogP contribution in [0.4, 0.5) is 0 Å². The largest absolute Gasteiger partial charge is 0.328 e. The first-order valence-corrected chi connectivity index (χ1v) is 7.25. The molecule has 1 aromatic carbocycles. The zero-order valence-electron chi connectivity index (χ0n) is 12.2. The monoisotopic (exact) mass is 274 g/mol. The Bertz CT molecular complexity index is 664. The van der Waals surface area contributed by atoms with Crippen molar-refractivity contribution in [2.45, 2.75) is 6.42 Å². The number of hydrogen-bond acceptors (Lipinski definition) is 3. The third-order valence-electron chi connectivity index (χ3n) is 4.28. The number of para-hydroxylation sites is 1. The van der Waals surface area contributed by atoms with Gasteiger partial charge in [-0.2, -0.15) is 0 Å². The van der Waals surface area contributed by atoms with Gasteiger partial charge in [0, 0.05) is 46.8 Å². The Morgan fingerprint density at radius 3 is 2.65 bits per heavy atom. The SMILES string of the molecule is Cn1c(=O)n(C)c2c(CCN3CCNCC3)cccc21. The van der Waals surface area contributed by atoms with E-state index in [0.717, 1.165) is 50.2 Å². The van der Waals surface area contributed by atoms with Gasteiger partial charge < -0.3 is 10.2 Å². The Morgan fingerprint density at radius 2 is 1.90 bits per heavy atom. The van der Waals surface area contributed by atoms with E-state index >= 15 is 0 Å². The van der Waals surface area contributed by atoms with Gasteiger partial charge in [-0.15, -0.1) is 0 Å². The molecule has 1 aliphatic heterocycles. The molecule has 5 heteroatoms. The fourth-order valence-corrected chi connectivity index (χ4v) is 3.07. The van der Waals surface area contributed by atoms with Crippen molar-refractivity contribution in [3.63, 3.8) is 0 Å². The van der Waals surface area contributed by atoms with Gasteiger partial charge >= 0.3 is 5.69 Å². The van der Waals surface area contributed by atoms with Crippen molar-refractivity contribution < 1.29 is 0 Å². The number of hydrogen-bond donors (Lipinski definition) is 1. The van der Waals surface area contributed by atoms with Crippen LogP contribution in [0.1, 0.15) is 5.56 Å². The average molecular weight is 274 g/mol. The summed E-state index contributed by atoms with van der Waals surface area (Å²) in [7, 11) is 3.70. The van der Waals surface area contributed by atoms with Gasteiger partial charge in [-0.05, 0) is 18.1 Å². The first kappa shape index (κ1) is 13.4. The number of aromatic nitrogens is 2. The highest BCUT2D eigenvalue weighted by Crippen LogP contribution is 2.17. The lowest BCUT2D eigenvalue weighted by atomic mass is 10.1. The van der Waals surface area contributed by atoms with Crippen molar-refractivity contribution in [1.82, 2.24) is 19.4 Å². The van der Waals surface area contributed by atoms with E-state index in [1.165, 1.54) is 5.56 Å². The van der Waals surface area contributed by atoms with E-state index < -0.39 is 0 Å². The fourth-order valence-electron chi connectivity index (χ4n) is 3.07. The lowest BCUT2D eigenvalue weighted by molar-refractivity contribution is 0.244. The highest BCUT2D eigenvalue weighted by Gasteiger charge is 2.13. The number of fused-ring (bicyclic) bond motifs is 1. The summed E-state index contributed by atoms with van der Waals surface area (Å²) in [4.78, 5) is 14.5. The number of imidazole rings is 1. The van der Waals surface area contributed by atoms with E-state index in [4.69, 9.17) is 0 Å². The molecule has 0 atom stereocenters. The van der Waals surface area contributed by atoms with Gasteiger partial charge in [-0.3, -0.25) is 9.13 Å². The summed E-state index contributed by atoms with van der Waals surface area (Å²) < 4.78 is 3.49. The van der Waals surface area contributed by atoms with Crippen LogP contribution in [0.5, 0.6) is 0 Å². The molecule has 0 saturated carbocycles. The zero-order chi connectivity index (χ0) is 14.1. The molecule has 0 spiro atoms. The zero-order valence-corrected chi connectivity index (χ0v) is 12.2. The molecule has 0 unspecified atom stereocenters. The first-order chi connectivity index (χ1) is 9.68. The van der Waals surface area contributed by atoms with Crippen LogP contribution < -0.4 is 11.0 Å². The summed E-state index contributed by atoms with van der Waals surface area (Å²) in [5.41, 5.74) is 3.42. The van der Waals surface area contributed by atoms with Crippen molar-refractivity contribution in [3.8, 4) is 0 Å². The molecular weight excluding hydrogens is 252 g/mol. The topological polar surface area (TPSA) is 42.2 Å². The number of rotatable bonds is 3. The molecule has 0 amide bonds. The van der Waals surface area contributed by atoms with Crippen molar-refractivity contribution in [1.29, 1.82) is 0 Å². The lowest BCUT2D eigenvalue weighted by Crippen LogP contribution is -2.44. The van der Waals surface area contributed by atoms with Crippen molar-refractivity contribution in [3.05, 3.63) is 34.2 Å². The van der Waals surface area contributed by atoms with Gasteiger partial charge in [0.2, 0.25) is 0 Å². The molecular formula is C15H22N4O. The molecule has 1 fully saturated rings. The molecule has 20 heavy (non-hydrogen) atoms. The maximum absolute atomic E-state index is 12.1. The maximum Gasteiger partial charge on any atom is 0.328 e. The summed E-state index contributed by atoms with van der Waals surface area (Å²) in [6.45, 7) is 5.44. The molecule has 2 aromatic rings. The summed E-state index contributed by atoms with van der Waals surface area (Å²) >= 11 is 0. The summed E-state index contributed by atoms with van der Waals surface area (Å²) in [5, 5.41) is 3.37. The fraction of sp³-hybridized carbons (Fsp3) is 0.533. The predicted molar refractivity (Wildman–Crippen MR) is 81.2 cm³/mol. The normalized spacial score (nSPS) is 16.9. The minimum atomic E-state index is 0.0506. The number of aryl methyl sites for hydroxylation is 2. The highest BCUT2D eigenvalue weighted by molar-refractivity contribution is 5.79. The molecule has 108 valence electrons. The molecule has 1 aliphatic rings. The van der Waals surface area contributed by atoms with Crippen LogP contribution in [0.3, 0.4) is 0 Å². The molecule has 1 aromatic heterocycles. The van der Waals surface area contributed by atoms with E-state index in [1.54, 1.807) is 9.13 Å². The van der Waals surface area contributed by atoms with Gasteiger partial charge in [0.1, 0.15) is 0 Å². The second-order valence-corrected chi connectivity index (χ2v) is 5.53. The van der Waals surface area contributed by atoms with Gasteiger partial charge in [-0.1, -0.05) is 12.1 Å². The standard InChI is InChI=1S/C15H22N4O/c1-17-13-5-3-4-12(14(13)18(2)15(17)20)6-9-19-10-7-16-8-11-19/h3-5,16H,6-11H2,1-2H3. The van der Waals surface area contributed by atoms with Crippen molar-refractivity contribution in [2.24, 2.45) is 14.1 Å². The number of piperazine rings is 1. The number of nitrogens with zero attached hydrogens (tertiary/aromatic N) is 3. The van der Waals surface area contributed by atoms with Crippen LogP contribution in [0.25, 0.3) is 11.0 Å². The van der Waals surface area contributed by atoms with Crippen LogP contribution in [0.15, 0.2) is 23.0 Å². The van der Waals surface area contributed by atoms with E-state index in [9.17, 15) is 4.79 Å². The second-order valence-electron chi connectivity index (χ2n) is 5.53. The van der Waals surface area contributed by atoms with Gasteiger partial charge in [0.25, 0.3) is 0 Å². The third-order valence-corrected chi connectivity index (χ3v) is 4.28. The van der Waals surface area contributed by atoms with E-state index in [1.807, 2.05) is 20.2 Å². The van der Waals surface area contributed by atoms with Crippen LogP contribution in [-0.2, 0) is 20.5 Å². The quantitative estimate of drug-likeness (QED) is 0.877. The van der Waals surface area contributed by atoms with Crippen LogP contribution >= 0.6 is 0 Å². The molecule has 1 N–H and O–H groups in total. The Hall–Kier alpha value is -1.59. The van der Waals surface area contributed by atoms with Crippen LogP contribution in [0, 0.1) is 0 Å². The highest BCUT2D eigenvalue weighted by atomic mass is 16.1. The first-order valence-electron chi connectivity index (χ1n) is 7.25. The van der Waals surface area contributed by atoms with Crippen molar-refractivity contribution in [2.75, 3.05) is 32.7 Å². The Balaban J connectivity index is 1.88. The Kier molecular flexibility index (Phi) is 3.63. The van der Waals surface area contributed by atoms with Gasteiger partial charge in [0.05, 0.1) is 11.0 Å². The molecule has 0 radical (unpaired) electrons. The predicted octanol–water partition coefficient (Wildman–Crippen LogP) is 0.325. The smallest absolute Gasteiger partial charge is 0.314 e. The molecule has 0 aliphatic carbocycles. The van der Waals surface area contributed by atoms with Crippen LogP contribution in [-0.4, -0.2) is 46.8 Å². The third kappa shape index (κ3) is 2.27. The van der Waals surface area contributed by atoms with Gasteiger partial charge in [0.15, 0.2) is 0 Å². The molecule has 3 rings (SSSR count). The Labute approximate surface area is 118 Å². The minimum absolute atomic E-state index is 0.0506. The molecule has 2 heterocycles. The summed E-state index contributed by atoms with van der Waals surface area (Å²) in [6.07, 6.45) is 0.995. The van der Waals surface area contributed by atoms with Crippen molar-refractivity contribution >= 4 is 11.0 Å². The average Bonchev–Trinajstić information content (AvgIpc) is 2.72. The van der Waals surface area contributed by atoms with Gasteiger partial charge in [-0.25, -0.2) is 4.79 Å². The number of benzene rings is 1. The second kappa shape index (κ2) is 5.42. The molecule has 1 saturated heterocycles. The lowest BCUT2D eigenvalue weighted by Gasteiger charge is -2.27. The summed E-state index contributed by atoms with van der Waals surface area (Å²) in [6, 6.07) is 6.21. The van der Waals surface area contributed by atoms with E-state index in [0.29, 0.717) is 0 Å². The van der Waals surface area contributed by atoms with Crippen LogP contribution in [0.2, 0.25) is 0 Å². The number of nitrogens with one attached hydrogen (secondary N) is 1. The molecule has 5 nitrogen and oxygen atoms in total. The van der Waals surface area contributed by atoms with E-state index in [-0.39, 0.29) is 5.69 Å².